The van der Waals surface area contributed by atoms with Crippen molar-refractivity contribution in [3.63, 3.8) is 0 Å². The van der Waals surface area contributed by atoms with Gasteiger partial charge in [0, 0.05) is 12.4 Å². The van der Waals surface area contributed by atoms with Crippen LogP contribution in [0.25, 0.3) is 0 Å². The van der Waals surface area contributed by atoms with Crippen LogP contribution in [-0.4, -0.2) is 28.0 Å². The summed E-state index contributed by atoms with van der Waals surface area (Å²) in [4.78, 5) is 0. The molecule has 84 valence electrons. The summed E-state index contributed by atoms with van der Waals surface area (Å²) in [5.74, 6) is 0. The minimum absolute atomic E-state index is 0.276. The van der Waals surface area contributed by atoms with Crippen LogP contribution in [0.1, 0.15) is 31.7 Å². The van der Waals surface area contributed by atoms with E-state index in [1.54, 1.807) is 6.20 Å². The second-order valence-corrected chi connectivity index (χ2v) is 5.63. The van der Waals surface area contributed by atoms with Gasteiger partial charge in [0.25, 0.3) is 10.1 Å². The van der Waals surface area contributed by atoms with Crippen LogP contribution in [0.3, 0.4) is 0 Å². The zero-order chi connectivity index (χ0) is 10.9. The van der Waals surface area contributed by atoms with E-state index in [0.717, 1.165) is 12.8 Å². The van der Waals surface area contributed by atoms with Crippen LogP contribution in [0.15, 0.2) is 18.5 Å². The average Bonchev–Trinajstić information content (AvgIpc) is 2.69. The molecule has 15 heavy (non-hydrogen) atoms. The molecule has 6 heteroatoms. The summed E-state index contributed by atoms with van der Waals surface area (Å²) >= 11 is 0. The summed E-state index contributed by atoms with van der Waals surface area (Å²) in [5.41, 5.74) is 0. The fourth-order valence-corrected chi connectivity index (χ4v) is 2.97. The van der Waals surface area contributed by atoms with Crippen LogP contribution in [0, 0.1) is 0 Å². The van der Waals surface area contributed by atoms with E-state index in [4.69, 9.17) is 4.55 Å². The van der Waals surface area contributed by atoms with Gasteiger partial charge in [-0.05, 0) is 31.7 Å². The first-order valence-corrected chi connectivity index (χ1v) is 6.53. The second kappa shape index (κ2) is 3.94. The van der Waals surface area contributed by atoms with Gasteiger partial charge in [-0.25, -0.2) is 0 Å². The first kappa shape index (κ1) is 10.6. The van der Waals surface area contributed by atoms with Crippen molar-refractivity contribution >= 4 is 10.1 Å². The molecule has 0 aromatic carbocycles. The average molecular weight is 230 g/mol. The first-order valence-electron chi connectivity index (χ1n) is 5.03. The van der Waals surface area contributed by atoms with Crippen LogP contribution in [0.5, 0.6) is 0 Å². The summed E-state index contributed by atoms with van der Waals surface area (Å²) in [6, 6.07) is 2.13. The fraction of sp³-hybridized carbons (Fsp3) is 0.667. The number of aromatic nitrogens is 2. The van der Waals surface area contributed by atoms with Gasteiger partial charge in [0.2, 0.25) is 0 Å². The quantitative estimate of drug-likeness (QED) is 0.776. The number of hydrogen-bond acceptors (Lipinski definition) is 3. The fourth-order valence-electron chi connectivity index (χ4n) is 2.10. The Balaban J connectivity index is 1.99. The Labute approximate surface area is 88.9 Å². The predicted molar refractivity (Wildman–Crippen MR) is 55.1 cm³/mol. The summed E-state index contributed by atoms with van der Waals surface area (Å²) in [5, 5.41) is 3.55. The van der Waals surface area contributed by atoms with Gasteiger partial charge in [0.05, 0.1) is 11.3 Å². The Morgan fingerprint density at radius 2 is 1.93 bits per heavy atom. The number of rotatable bonds is 2. The number of nitrogens with zero attached hydrogens (tertiary/aromatic N) is 2. The summed E-state index contributed by atoms with van der Waals surface area (Å²) < 4.78 is 32.6. The predicted octanol–water partition coefficient (Wildman–Crippen LogP) is 1.25. The molecule has 1 aliphatic rings. The van der Waals surface area contributed by atoms with Gasteiger partial charge in [0.15, 0.2) is 0 Å². The molecule has 1 aromatic heterocycles. The molecular weight excluding hydrogens is 216 g/mol. The lowest BCUT2D eigenvalue weighted by atomic mass is 9.95. The van der Waals surface area contributed by atoms with Crippen LogP contribution in [0.2, 0.25) is 0 Å². The van der Waals surface area contributed by atoms with Crippen LogP contribution in [0.4, 0.5) is 0 Å². The Hall–Kier alpha value is -0.880. The maximum Gasteiger partial charge on any atom is 0.267 e. The standard InChI is InChI=1S/C9H14N2O3S/c12-15(13,14)9-4-2-8(3-5-9)11-7-1-6-10-11/h1,6-9H,2-5H2,(H,12,13,14). The van der Waals surface area contributed by atoms with Crippen molar-refractivity contribution in [1.82, 2.24) is 9.78 Å². The van der Waals surface area contributed by atoms with E-state index < -0.39 is 15.4 Å². The molecule has 1 saturated carbocycles. The van der Waals surface area contributed by atoms with Crippen molar-refractivity contribution in [3.05, 3.63) is 18.5 Å². The van der Waals surface area contributed by atoms with Gasteiger partial charge in [0.1, 0.15) is 0 Å². The highest BCUT2D eigenvalue weighted by Crippen LogP contribution is 2.30. The van der Waals surface area contributed by atoms with Gasteiger partial charge in [-0.15, -0.1) is 0 Å². The van der Waals surface area contributed by atoms with Crippen molar-refractivity contribution in [2.75, 3.05) is 0 Å². The Kier molecular flexibility index (Phi) is 2.79. The largest absolute Gasteiger partial charge is 0.285 e. The van der Waals surface area contributed by atoms with E-state index in [2.05, 4.69) is 5.10 Å². The van der Waals surface area contributed by atoms with Crippen molar-refractivity contribution in [2.45, 2.75) is 37.0 Å². The molecule has 5 nitrogen and oxygen atoms in total. The summed E-state index contributed by atoms with van der Waals surface area (Å²) in [6.45, 7) is 0. The minimum atomic E-state index is -3.85. The lowest BCUT2D eigenvalue weighted by Crippen LogP contribution is -2.27. The van der Waals surface area contributed by atoms with E-state index in [-0.39, 0.29) is 6.04 Å². The van der Waals surface area contributed by atoms with Crippen molar-refractivity contribution < 1.29 is 13.0 Å². The molecule has 1 N–H and O–H groups in total. The lowest BCUT2D eigenvalue weighted by Gasteiger charge is -2.26. The zero-order valence-corrected chi connectivity index (χ0v) is 9.10. The van der Waals surface area contributed by atoms with Gasteiger partial charge in [-0.2, -0.15) is 13.5 Å². The van der Waals surface area contributed by atoms with Crippen LogP contribution < -0.4 is 0 Å². The monoisotopic (exact) mass is 230 g/mol. The van der Waals surface area contributed by atoms with E-state index in [9.17, 15) is 8.42 Å². The van der Waals surface area contributed by atoms with Gasteiger partial charge in [-0.1, -0.05) is 0 Å². The molecule has 0 amide bonds. The zero-order valence-electron chi connectivity index (χ0n) is 8.28. The molecule has 0 aliphatic heterocycles. The highest BCUT2D eigenvalue weighted by atomic mass is 32.2. The Bertz CT molecular complexity index is 405. The topological polar surface area (TPSA) is 72.2 Å². The van der Waals surface area contributed by atoms with Gasteiger partial charge in [-0.3, -0.25) is 9.23 Å². The molecule has 1 fully saturated rings. The van der Waals surface area contributed by atoms with E-state index in [1.807, 2.05) is 16.9 Å². The summed E-state index contributed by atoms with van der Waals surface area (Å²) in [7, 11) is -3.85. The van der Waals surface area contributed by atoms with Crippen molar-refractivity contribution in [2.24, 2.45) is 0 Å². The van der Waals surface area contributed by atoms with Crippen LogP contribution in [-0.2, 0) is 10.1 Å². The molecule has 2 rings (SSSR count). The molecule has 1 heterocycles. The molecule has 0 atom stereocenters. The molecule has 0 radical (unpaired) electrons. The molecular formula is C9H14N2O3S. The highest BCUT2D eigenvalue weighted by Gasteiger charge is 2.30. The van der Waals surface area contributed by atoms with E-state index in [0.29, 0.717) is 12.8 Å². The third-order valence-electron chi connectivity index (χ3n) is 2.96. The SMILES string of the molecule is O=S(=O)(O)C1CCC(n2cccn2)CC1. The molecule has 0 unspecified atom stereocenters. The summed E-state index contributed by atoms with van der Waals surface area (Å²) in [6.07, 6.45) is 6.15. The van der Waals surface area contributed by atoms with Crippen LogP contribution >= 0.6 is 0 Å². The smallest absolute Gasteiger partial charge is 0.267 e. The van der Waals surface area contributed by atoms with E-state index >= 15 is 0 Å². The Morgan fingerprint density at radius 3 is 2.40 bits per heavy atom. The molecule has 0 saturated heterocycles. The second-order valence-electron chi connectivity index (χ2n) is 3.93. The van der Waals surface area contributed by atoms with E-state index in [1.165, 1.54) is 0 Å². The van der Waals surface area contributed by atoms with Gasteiger partial charge < -0.3 is 0 Å². The molecule has 0 bridgehead atoms. The maximum atomic E-state index is 10.9. The number of hydrogen-bond donors (Lipinski definition) is 1. The molecule has 1 aromatic rings. The third-order valence-corrected chi connectivity index (χ3v) is 4.28. The maximum absolute atomic E-state index is 10.9. The minimum Gasteiger partial charge on any atom is -0.285 e. The molecule has 0 spiro atoms. The first-order chi connectivity index (χ1) is 7.07. The lowest BCUT2D eigenvalue weighted by molar-refractivity contribution is 0.320. The van der Waals surface area contributed by atoms with Gasteiger partial charge >= 0.3 is 0 Å². The van der Waals surface area contributed by atoms with Crippen molar-refractivity contribution in [3.8, 4) is 0 Å². The normalized spacial score (nSPS) is 27.8. The third kappa shape index (κ3) is 2.38. The highest BCUT2D eigenvalue weighted by molar-refractivity contribution is 7.86. The van der Waals surface area contributed by atoms with Crippen molar-refractivity contribution in [1.29, 1.82) is 0 Å². The Morgan fingerprint density at radius 1 is 1.27 bits per heavy atom. The molecule has 1 aliphatic carbocycles.